The second-order valence-electron chi connectivity index (χ2n) is 6.45. The zero-order valence-electron chi connectivity index (χ0n) is 12.7. The highest BCUT2D eigenvalue weighted by Gasteiger charge is 2.28. The number of carbonyl (C=O) groups excluding carboxylic acids is 1. The highest BCUT2D eigenvalue weighted by molar-refractivity contribution is 5.79. The summed E-state index contributed by atoms with van der Waals surface area (Å²) in [5, 5.41) is 3.13. The molecule has 1 atom stereocenters. The first-order chi connectivity index (χ1) is 10.6. The van der Waals surface area contributed by atoms with Gasteiger partial charge in [-0.1, -0.05) is 12.5 Å². The Morgan fingerprint density at radius 1 is 1.23 bits per heavy atom. The summed E-state index contributed by atoms with van der Waals surface area (Å²) in [5.74, 6) is -0.679. The van der Waals surface area contributed by atoms with Gasteiger partial charge in [0.05, 0.1) is 0 Å². The summed E-state index contributed by atoms with van der Waals surface area (Å²) in [4.78, 5) is 14.1. The maximum absolute atomic E-state index is 13.7. The second-order valence-corrected chi connectivity index (χ2v) is 6.45. The molecule has 1 N–H and O–H groups in total. The maximum Gasteiger partial charge on any atom is 0.223 e. The van der Waals surface area contributed by atoms with Crippen molar-refractivity contribution < 1.29 is 13.6 Å². The lowest BCUT2D eigenvalue weighted by molar-refractivity contribution is -0.128. The maximum atomic E-state index is 13.7. The Kier molecular flexibility index (Phi) is 4.71. The van der Waals surface area contributed by atoms with E-state index in [1.165, 1.54) is 12.1 Å². The molecule has 0 aromatic heterocycles. The van der Waals surface area contributed by atoms with Crippen molar-refractivity contribution in [2.75, 3.05) is 13.1 Å². The van der Waals surface area contributed by atoms with Gasteiger partial charge < -0.3 is 5.32 Å². The summed E-state index contributed by atoms with van der Waals surface area (Å²) in [7, 11) is 0. The van der Waals surface area contributed by atoms with Gasteiger partial charge in [0.25, 0.3) is 0 Å². The van der Waals surface area contributed by atoms with Gasteiger partial charge in [0.1, 0.15) is 11.6 Å². The molecule has 5 heteroatoms. The number of nitrogens with one attached hydrogen (secondary N) is 1. The van der Waals surface area contributed by atoms with Gasteiger partial charge in [-0.05, 0) is 38.3 Å². The Morgan fingerprint density at radius 2 is 2.05 bits per heavy atom. The third-order valence-corrected chi connectivity index (χ3v) is 4.74. The number of hydrogen-bond acceptors (Lipinski definition) is 2. The van der Waals surface area contributed by atoms with E-state index in [2.05, 4.69) is 10.2 Å². The second kappa shape index (κ2) is 6.73. The smallest absolute Gasteiger partial charge is 0.223 e. The summed E-state index contributed by atoms with van der Waals surface area (Å²) < 4.78 is 26.7. The molecular formula is C17H22F2N2O. The van der Waals surface area contributed by atoms with Gasteiger partial charge in [-0.25, -0.2) is 8.78 Å². The van der Waals surface area contributed by atoms with Crippen molar-refractivity contribution in [3.63, 3.8) is 0 Å². The van der Waals surface area contributed by atoms with Crippen molar-refractivity contribution in [1.29, 1.82) is 0 Å². The molecule has 1 aliphatic heterocycles. The topological polar surface area (TPSA) is 32.3 Å². The summed E-state index contributed by atoms with van der Waals surface area (Å²) >= 11 is 0. The Balaban J connectivity index is 1.54. The fourth-order valence-electron chi connectivity index (χ4n) is 3.20. The van der Waals surface area contributed by atoms with Crippen LogP contribution in [0.4, 0.5) is 8.78 Å². The molecule has 1 unspecified atom stereocenters. The molecule has 0 spiro atoms. The number of rotatable bonds is 4. The number of benzene rings is 1. The predicted molar refractivity (Wildman–Crippen MR) is 80.1 cm³/mol. The number of carbonyl (C=O) groups is 1. The summed E-state index contributed by atoms with van der Waals surface area (Å²) in [6.45, 7) is 2.07. The molecule has 2 aliphatic rings. The van der Waals surface area contributed by atoms with E-state index in [-0.39, 0.29) is 17.9 Å². The Labute approximate surface area is 129 Å². The van der Waals surface area contributed by atoms with Crippen molar-refractivity contribution >= 4 is 5.91 Å². The SMILES string of the molecule is O=C(NC1CCCN(Cc2ccc(F)cc2F)C1)C1CCC1. The Morgan fingerprint density at radius 3 is 2.73 bits per heavy atom. The van der Waals surface area contributed by atoms with Crippen molar-refractivity contribution in [2.24, 2.45) is 5.92 Å². The summed E-state index contributed by atoms with van der Waals surface area (Å²) in [6.07, 6.45) is 5.12. The van der Waals surface area contributed by atoms with Crippen LogP contribution < -0.4 is 5.32 Å². The third-order valence-electron chi connectivity index (χ3n) is 4.74. The van der Waals surface area contributed by atoms with Crippen molar-refractivity contribution in [2.45, 2.75) is 44.7 Å². The molecule has 1 aromatic carbocycles. The molecule has 2 fully saturated rings. The van der Waals surface area contributed by atoms with Crippen LogP contribution in [0, 0.1) is 17.6 Å². The lowest BCUT2D eigenvalue weighted by atomic mass is 9.84. The normalized spacial score (nSPS) is 23.1. The lowest BCUT2D eigenvalue weighted by Gasteiger charge is -2.35. The van der Waals surface area contributed by atoms with Crippen LogP contribution >= 0.6 is 0 Å². The molecular weight excluding hydrogens is 286 g/mol. The number of hydrogen-bond donors (Lipinski definition) is 1. The number of likely N-dealkylation sites (tertiary alicyclic amines) is 1. The van der Waals surface area contributed by atoms with Crippen LogP contribution in [0.5, 0.6) is 0 Å². The molecule has 0 radical (unpaired) electrons. The third kappa shape index (κ3) is 3.64. The number of amides is 1. The predicted octanol–water partition coefficient (Wildman–Crippen LogP) is 2.85. The van der Waals surface area contributed by atoms with Crippen LogP contribution in [0.3, 0.4) is 0 Å². The average Bonchev–Trinajstić information content (AvgIpc) is 2.40. The minimum Gasteiger partial charge on any atom is -0.352 e. The molecule has 0 bridgehead atoms. The molecule has 1 aromatic rings. The largest absolute Gasteiger partial charge is 0.352 e. The quantitative estimate of drug-likeness (QED) is 0.927. The van der Waals surface area contributed by atoms with E-state index in [0.717, 1.165) is 51.3 Å². The van der Waals surface area contributed by atoms with Crippen LogP contribution in [0.1, 0.15) is 37.7 Å². The molecule has 1 saturated heterocycles. The fraction of sp³-hybridized carbons (Fsp3) is 0.588. The van der Waals surface area contributed by atoms with Gasteiger partial charge >= 0.3 is 0 Å². The van der Waals surface area contributed by atoms with Crippen LogP contribution in [-0.4, -0.2) is 29.9 Å². The number of halogens is 2. The van der Waals surface area contributed by atoms with Crippen LogP contribution in [0.15, 0.2) is 18.2 Å². The average molecular weight is 308 g/mol. The van der Waals surface area contributed by atoms with E-state index in [4.69, 9.17) is 0 Å². The molecule has 1 amide bonds. The van der Waals surface area contributed by atoms with Crippen LogP contribution in [0.2, 0.25) is 0 Å². The van der Waals surface area contributed by atoms with E-state index < -0.39 is 11.6 Å². The minimum atomic E-state index is -0.550. The van der Waals surface area contributed by atoms with Gasteiger partial charge in [-0.3, -0.25) is 9.69 Å². The first kappa shape index (κ1) is 15.4. The van der Waals surface area contributed by atoms with Crippen molar-refractivity contribution in [3.8, 4) is 0 Å². The van der Waals surface area contributed by atoms with E-state index in [1.807, 2.05) is 0 Å². The zero-order chi connectivity index (χ0) is 15.5. The monoisotopic (exact) mass is 308 g/mol. The number of nitrogens with zero attached hydrogens (tertiary/aromatic N) is 1. The van der Waals surface area contributed by atoms with Gasteiger partial charge in [-0.15, -0.1) is 0 Å². The van der Waals surface area contributed by atoms with Gasteiger partial charge in [0.15, 0.2) is 0 Å². The van der Waals surface area contributed by atoms with Crippen LogP contribution in [-0.2, 0) is 11.3 Å². The molecule has 3 rings (SSSR count). The van der Waals surface area contributed by atoms with Gasteiger partial charge in [-0.2, -0.15) is 0 Å². The van der Waals surface area contributed by atoms with Crippen molar-refractivity contribution in [3.05, 3.63) is 35.4 Å². The molecule has 22 heavy (non-hydrogen) atoms. The first-order valence-corrected chi connectivity index (χ1v) is 8.08. The van der Waals surface area contributed by atoms with E-state index in [9.17, 15) is 13.6 Å². The molecule has 1 aliphatic carbocycles. The standard InChI is InChI=1S/C17H22F2N2O/c18-14-7-6-13(16(19)9-14)10-21-8-2-5-15(11-21)20-17(22)12-3-1-4-12/h6-7,9,12,15H,1-5,8,10-11H2,(H,20,22). The van der Waals surface area contributed by atoms with Gasteiger partial charge in [0, 0.05) is 36.7 Å². The highest BCUT2D eigenvalue weighted by Crippen LogP contribution is 2.27. The Hall–Kier alpha value is -1.49. The van der Waals surface area contributed by atoms with Gasteiger partial charge in [0.2, 0.25) is 5.91 Å². The van der Waals surface area contributed by atoms with Crippen molar-refractivity contribution in [1.82, 2.24) is 10.2 Å². The van der Waals surface area contributed by atoms with E-state index in [0.29, 0.717) is 12.1 Å². The van der Waals surface area contributed by atoms with Crippen LogP contribution in [0.25, 0.3) is 0 Å². The molecule has 1 heterocycles. The number of piperidine rings is 1. The fourth-order valence-corrected chi connectivity index (χ4v) is 3.20. The summed E-state index contributed by atoms with van der Waals surface area (Å²) in [5.41, 5.74) is 0.507. The van der Waals surface area contributed by atoms with E-state index in [1.54, 1.807) is 0 Å². The highest BCUT2D eigenvalue weighted by atomic mass is 19.1. The van der Waals surface area contributed by atoms with E-state index >= 15 is 0 Å². The first-order valence-electron chi connectivity index (χ1n) is 8.08. The summed E-state index contributed by atoms with van der Waals surface area (Å²) in [6, 6.07) is 3.86. The zero-order valence-corrected chi connectivity index (χ0v) is 12.7. The Bertz CT molecular complexity index is 545. The minimum absolute atomic E-state index is 0.144. The molecule has 1 saturated carbocycles. The molecule has 3 nitrogen and oxygen atoms in total. The molecule has 120 valence electrons. The lowest BCUT2D eigenvalue weighted by Crippen LogP contribution is -2.49.